The van der Waals surface area contributed by atoms with Gasteiger partial charge in [-0.05, 0) is 19.1 Å². The highest BCUT2D eigenvalue weighted by Crippen LogP contribution is 2.24. The summed E-state index contributed by atoms with van der Waals surface area (Å²) in [4.78, 5) is 0.352. The van der Waals surface area contributed by atoms with E-state index >= 15 is 0 Å². The third kappa shape index (κ3) is 3.04. The molecule has 1 atom stereocenters. The molecule has 0 saturated carbocycles. The number of nitriles is 2. The van der Waals surface area contributed by atoms with Crippen LogP contribution in [0.2, 0.25) is 0 Å². The molecule has 0 N–H and O–H groups in total. The highest BCUT2D eigenvalue weighted by atomic mass is 32.2. The Bertz CT molecular complexity index is 577. The number of rotatable bonds is 4. The molecule has 1 unspecified atom stereocenters. The van der Waals surface area contributed by atoms with Crippen molar-refractivity contribution in [1.82, 2.24) is 4.31 Å². The average molecular weight is 269 g/mol. The second-order valence-electron chi connectivity index (χ2n) is 3.55. The smallest absolute Gasteiger partial charge is 0.206 e. The first-order valence-corrected chi connectivity index (χ1v) is 7.03. The highest BCUT2D eigenvalue weighted by Gasteiger charge is 2.24. The van der Waals surface area contributed by atoms with Gasteiger partial charge in [0.25, 0.3) is 10.0 Å². The van der Waals surface area contributed by atoms with Gasteiger partial charge in [0.2, 0.25) is 0 Å². The number of thiophene rings is 1. The van der Waals surface area contributed by atoms with E-state index in [0.717, 1.165) is 15.6 Å². The fraction of sp³-hybridized carbons (Fsp3) is 0.400. The van der Waals surface area contributed by atoms with Crippen molar-refractivity contribution in [2.45, 2.75) is 11.1 Å². The van der Waals surface area contributed by atoms with Crippen LogP contribution in [0.25, 0.3) is 0 Å². The van der Waals surface area contributed by atoms with E-state index in [0.29, 0.717) is 4.88 Å². The quantitative estimate of drug-likeness (QED) is 0.827. The summed E-state index contributed by atoms with van der Waals surface area (Å²) in [5.41, 5.74) is 0. The number of nitrogens with zero attached hydrogens (tertiary/aromatic N) is 3. The molecule has 0 aliphatic carbocycles. The molecule has 0 aromatic carbocycles. The first-order chi connectivity index (χ1) is 7.91. The van der Waals surface area contributed by atoms with Crippen LogP contribution in [-0.4, -0.2) is 26.3 Å². The van der Waals surface area contributed by atoms with E-state index in [4.69, 9.17) is 10.5 Å². The molecular weight excluding hydrogens is 258 g/mol. The van der Waals surface area contributed by atoms with Crippen molar-refractivity contribution >= 4 is 21.4 Å². The fourth-order valence-electron chi connectivity index (χ4n) is 1.20. The van der Waals surface area contributed by atoms with Crippen LogP contribution in [0, 0.1) is 28.6 Å². The summed E-state index contributed by atoms with van der Waals surface area (Å²) in [6.07, 6.45) is 0. The van der Waals surface area contributed by atoms with E-state index in [1.165, 1.54) is 19.2 Å². The van der Waals surface area contributed by atoms with Gasteiger partial charge in [-0.1, -0.05) is 0 Å². The van der Waals surface area contributed by atoms with E-state index in [1.54, 1.807) is 6.92 Å². The molecule has 5 nitrogen and oxygen atoms in total. The molecule has 0 aliphatic rings. The predicted molar refractivity (Wildman–Crippen MR) is 63.6 cm³/mol. The van der Waals surface area contributed by atoms with E-state index in [9.17, 15) is 8.42 Å². The third-order valence-electron chi connectivity index (χ3n) is 2.11. The van der Waals surface area contributed by atoms with Crippen LogP contribution in [0.15, 0.2) is 16.3 Å². The van der Waals surface area contributed by atoms with Crippen LogP contribution in [0.3, 0.4) is 0 Å². The molecule has 7 heteroatoms. The van der Waals surface area contributed by atoms with Gasteiger partial charge in [0.15, 0.2) is 0 Å². The summed E-state index contributed by atoms with van der Waals surface area (Å²) >= 11 is 0.929. The molecule has 90 valence electrons. The van der Waals surface area contributed by atoms with Gasteiger partial charge in [0, 0.05) is 13.6 Å². The molecule has 0 spiro atoms. The summed E-state index contributed by atoms with van der Waals surface area (Å²) < 4.78 is 25.3. The van der Waals surface area contributed by atoms with Crippen molar-refractivity contribution in [3.8, 4) is 12.1 Å². The summed E-state index contributed by atoms with van der Waals surface area (Å²) in [5.74, 6) is -0.370. The van der Waals surface area contributed by atoms with Crippen LogP contribution in [0.4, 0.5) is 0 Å². The van der Waals surface area contributed by atoms with Crippen LogP contribution in [-0.2, 0) is 10.0 Å². The zero-order valence-corrected chi connectivity index (χ0v) is 11.0. The van der Waals surface area contributed by atoms with E-state index in [-0.39, 0.29) is 16.7 Å². The molecular formula is C10H11N3O2S2. The minimum Gasteiger partial charge on any atom is -0.206 e. The molecule has 1 rings (SSSR count). The molecule has 17 heavy (non-hydrogen) atoms. The van der Waals surface area contributed by atoms with Crippen molar-refractivity contribution in [3.05, 3.63) is 17.0 Å². The van der Waals surface area contributed by atoms with Gasteiger partial charge in [-0.3, -0.25) is 0 Å². The van der Waals surface area contributed by atoms with E-state index < -0.39 is 10.0 Å². The summed E-state index contributed by atoms with van der Waals surface area (Å²) in [5, 5.41) is 17.3. The Morgan fingerprint density at radius 2 is 2.12 bits per heavy atom. The molecule has 0 amide bonds. The SMILES string of the molecule is CC(C#N)CN(C)S(=O)(=O)c1ccc(C#N)s1. The van der Waals surface area contributed by atoms with Crippen LogP contribution in [0.1, 0.15) is 11.8 Å². The largest absolute Gasteiger partial charge is 0.252 e. The monoisotopic (exact) mass is 269 g/mol. The lowest BCUT2D eigenvalue weighted by atomic mass is 10.2. The zero-order valence-electron chi connectivity index (χ0n) is 9.41. The lowest BCUT2D eigenvalue weighted by molar-refractivity contribution is 0.440. The van der Waals surface area contributed by atoms with Crippen molar-refractivity contribution in [1.29, 1.82) is 10.5 Å². The van der Waals surface area contributed by atoms with E-state index in [2.05, 4.69) is 0 Å². The second kappa shape index (κ2) is 5.28. The maximum absolute atomic E-state index is 12.0. The minimum absolute atomic E-state index is 0.127. The minimum atomic E-state index is -3.58. The molecule has 0 bridgehead atoms. The van der Waals surface area contributed by atoms with Gasteiger partial charge < -0.3 is 0 Å². The van der Waals surface area contributed by atoms with Gasteiger partial charge in [0.1, 0.15) is 15.2 Å². The second-order valence-corrected chi connectivity index (χ2v) is 6.90. The lowest BCUT2D eigenvalue weighted by Crippen LogP contribution is -2.30. The van der Waals surface area contributed by atoms with Gasteiger partial charge in [-0.2, -0.15) is 14.8 Å². The molecule has 0 saturated heterocycles. The first kappa shape index (κ1) is 13.7. The lowest BCUT2D eigenvalue weighted by Gasteiger charge is -2.16. The Morgan fingerprint density at radius 1 is 1.47 bits per heavy atom. The van der Waals surface area contributed by atoms with Crippen molar-refractivity contribution in [3.63, 3.8) is 0 Å². The molecule has 1 heterocycles. The highest BCUT2D eigenvalue weighted by molar-refractivity contribution is 7.91. The van der Waals surface area contributed by atoms with Gasteiger partial charge >= 0.3 is 0 Å². The third-order valence-corrected chi connectivity index (χ3v) is 5.39. The standard InChI is InChI=1S/C10H11N3O2S2/c1-8(5-11)7-13(2)17(14,15)10-4-3-9(6-12)16-10/h3-4,8H,7H2,1-2H3. The van der Waals surface area contributed by atoms with Crippen molar-refractivity contribution in [2.75, 3.05) is 13.6 Å². The first-order valence-electron chi connectivity index (χ1n) is 4.77. The summed E-state index contributed by atoms with van der Waals surface area (Å²) in [6, 6.07) is 6.75. The van der Waals surface area contributed by atoms with Crippen LogP contribution in [0.5, 0.6) is 0 Å². The van der Waals surface area contributed by atoms with Gasteiger partial charge in [-0.15, -0.1) is 11.3 Å². The van der Waals surface area contributed by atoms with Gasteiger partial charge in [0.05, 0.1) is 12.0 Å². The molecule has 1 aromatic rings. The molecule has 0 radical (unpaired) electrons. The molecule has 1 aromatic heterocycles. The Morgan fingerprint density at radius 3 is 2.59 bits per heavy atom. The molecule has 0 fully saturated rings. The van der Waals surface area contributed by atoms with E-state index in [1.807, 2.05) is 12.1 Å². The zero-order chi connectivity index (χ0) is 13.1. The average Bonchev–Trinajstić information content (AvgIpc) is 2.77. The normalized spacial score (nSPS) is 13.0. The van der Waals surface area contributed by atoms with Crippen molar-refractivity contribution in [2.24, 2.45) is 5.92 Å². The fourth-order valence-corrected chi connectivity index (χ4v) is 3.77. The number of hydrogen-bond donors (Lipinski definition) is 0. The summed E-state index contributed by atoms with van der Waals surface area (Å²) in [6.45, 7) is 1.79. The predicted octanol–water partition coefficient (Wildman–Crippen LogP) is 1.40. The Balaban J connectivity index is 2.96. The van der Waals surface area contributed by atoms with Crippen LogP contribution < -0.4 is 0 Å². The van der Waals surface area contributed by atoms with Gasteiger partial charge in [-0.25, -0.2) is 8.42 Å². The van der Waals surface area contributed by atoms with Crippen molar-refractivity contribution < 1.29 is 8.42 Å². The Hall–Kier alpha value is -1.41. The maximum atomic E-state index is 12.0. The topological polar surface area (TPSA) is 85.0 Å². The molecule has 0 aliphatic heterocycles. The number of hydrogen-bond acceptors (Lipinski definition) is 5. The Kier molecular flexibility index (Phi) is 4.24. The van der Waals surface area contributed by atoms with Crippen LogP contribution >= 0.6 is 11.3 Å². The summed E-state index contributed by atoms with van der Waals surface area (Å²) in [7, 11) is -2.16. The number of sulfonamides is 1. The maximum Gasteiger partial charge on any atom is 0.252 e. The Labute approximate surface area is 105 Å².